The van der Waals surface area contributed by atoms with E-state index in [1.165, 1.54) is 10.6 Å². The Morgan fingerprint density at radius 2 is 2.17 bits per heavy atom. The van der Waals surface area contributed by atoms with Crippen LogP contribution in [-0.2, 0) is 13.6 Å². The number of nitrogens with zero attached hydrogens (tertiary/aromatic N) is 2. The summed E-state index contributed by atoms with van der Waals surface area (Å²) >= 11 is 1.60. The molecule has 18 heavy (non-hydrogen) atoms. The molecule has 0 bridgehead atoms. The largest absolute Gasteiger partial charge is 0.336 e. The third-order valence-electron chi connectivity index (χ3n) is 2.75. The van der Waals surface area contributed by atoms with E-state index in [0.29, 0.717) is 12.2 Å². The van der Waals surface area contributed by atoms with Gasteiger partial charge in [0.05, 0.1) is 0 Å². The molecule has 0 aliphatic heterocycles. The molecule has 0 saturated heterocycles. The van der Waals surface area contributed by atoms with Crippen LogP contribution in [-0.4, -0.2) is 22.4 Å². The van der Waals surface area contributed by atoms with Gasteiger partial charge in [-0.05, 0) is 28.5 Å². The van der Waals surface area contributed by atoms with Gasteiger partial charge in [-0.1, -0.05) is 6.07 Å². The molecule has 0 spiro atoms. The summed E-state index contributed by atoms with van der Waals surface area (Å²) in [6.07, 6.45) is 0. The van der Waals surface area contributed by atoms with Crippen molar-refractivity contribution in [2.24, 2.45) is 7.05 Å². The van der Waals surface area contributed by atoms with Crippen LogP contribution in [0.25, 0.3) is 0 Å². The summed E-state index contributed by atoms with van der Waals surface area (Å²) in [4.78, 5) is 25.3. The minimum absolute atomic E-state index is 0.151. The first-order valence-corrected chi connectivity index (χ1v) is 6.46. The Labute approximate surface area is 109 Å². The fraction of sp³-hybridized carbons (Fsp3) is 0.231. The lowest BCUT2D eigenvalue weighted by Crippen LogP contribution is -2.31. The lowest BCUT2D eigenvalue weighted by molar-refractivity contribution is 0.0774. The van der Waals surface area contributed by atoms with E-state index < -0.39 is 0 Å². The third kappa shape index (κ3) is 2.51. The highest BCUT2D eigenvalue weighted by atomic mass is 32.1. The van der Waals surface area contributed by atoms with E-state index in [1.807, 2.05) is 16.8 Å². The van der Waals surface area contributed by atoms with Gasteiger partial charge < -0.3 is 9.47 Å². The van der Waals surface area contributed by atoms with Gasteiger partial charge in [-0.2, -0.15) is 11.3 Å². The van der Waals surface area contributed by atoms with Gasteiger partial charge in [-0.3, -0.25) is 9.59 Å². The van der Waals surface area contributed by atoms with Crippen molar-refractivity contribution in [2.45, 2.75) is 6.54 Å². The van der Waals surface area contributed by atoms with Crippen molar-refractivity contribution in [3.05, 3.63) is 56.6 Å². The van der Waals surface area contributed by atoms with E-state index in [2.05, 4.69) is 0 Å². The number of carbonyl (C=O) groups is 1. The first-order chi connectivity index (χ1) is 8.59. The molecule has 0 fully saturated rings. The highest BCUT2D eigenvalue weighted by Gasteiger charge is 2.15. The van der Waals surface area contributed by atoms with Gasteiger partial charge in [-0.15, -0.1) is 0 Å². The zero-order chi connectivity index (χ0) is 13.1. The second kappa shape index (κ2) is 5.18. The summed E-state index contributed by atoms with van der Waals surface area (Å²) in [6, 6.07) is 6.69. The third-order valence-corrected chi connectivity index (χ3v) is 3.48. The number of hydrogen-bond donors (Lipinski definition) is 0. The number of pyridine rings is 1. The lowest BCUT2D eigenvalue weighted by Gasteiger charge is -2.17. The van der Waals surface area contributed by atoms with E-state index in [0.717, 1.165) is 5.56 Å². The second-order valence-corrected chi connectivity index (χ2v) is 4.88. The number of aromatic nitrogens is 1. The van der Waals surface area contributed by atoms with Gasteiger partial charge in [0, 0.05) is 26.7 Å². The molecule has 0 unspecified atom stereocenters. The van der Waals surface area contributed by atoms with Crippen molar-refractivity contribution in [1.29, 1.82) is 0 Å². The molecule has 1 amide bonds. The Morgan fingerprint density at radius 1 is 1.39 bits per heavy atom. The van der Waals surface area contributed by atoms with Crippen molar-refractivity contribution in [3.63, 3.8) is 0 Å². The first-order valence-electron chi connectivity index (χ1n) is 5.52. The number of rotatable bonds is 3. The molecule has 0 saturated carbocycles. The molecule has 2 aromatic rings. The zero-order valence-corrected chi connectivity index (χ0v) is 11.1. The van der Waals surface area contributed by atoms with Crippen LogP contribution in [0.2, 0.25) is 0 Å². The maximum Gasteiger partial charge on any atom is 0.270 e. The van der Waals surface area contributed by atoms with Crippen LogP contribution < -0.4 is 5.56 Å². The Kier molecular flexibility index (Phi) is 3.62. The molecule has 0 aromatic carbocycles. The van der Waals surface area contributed by atoms with Crippen molar-refractivity contribution >= 4 is 17.2 Å². The predicted octanol–water partition coefficient (Wildman–Crippen LogP) is 1.72. The molecule has 2 aromatic heterocycles. The van der Waals surface area contributed by atoms with Gasteiger partial charge in [0.2, 0.25) is 0 Å². The summed E-state index contributed by atoms with van der Waals surface area (Å²) in [5.74, 6) is -0.151. The van der Waals surface area contributed by atoms with Gasteiger partial charge in [0.1, 0.15) is 5.69 Å². The summed E-state index contributed by atoms with van der Waals surface area (Å²) in [7, 11) is 3.34. The highest BCUT2D eigenvalue weighted by Crippen LogP contribution is 2.10. The molecule has 94 valence electrons. The van der Waals surface area contributed by atoms with Crippen LogP contribution in [0.1, 0.15) is 16.1 Å². The zero-order valence-electron chi connectivity index (χ0n) is 10.3. The normalized spacial score (nSPS) is 10.3. The smallest absolute Gasteiger partial charge is 0.270 e. The van der Waals surface area contributed by atoms with Crippen molar-refractivity contribution in [3.8, 4) is 0 Å². The highest BCUT2D eigenvalue weighted by molar-refractivity contribution is 7.07. The fourth-order valence-corrected chi connectivity index (χ4v) is 2.36. The molecular weight excluding hydrogens is 248 g/mol. The average molecular weight is 262 g/mol. The van der Waals surface area contributed by atoms with Gasteiger partial charge in [-0.25, -0.2) is 0 Å². The van der Waals surface area contributed by atoms with Gasteiger partial charge in [0.15, 0.2) is 0 Å². The summed E-state index contributed by atoms with van der Waals surface area (Å²) < 4.78 is 1.37. The summed E-state index contributed by atoms with van der Waals surface area (Å²) in [5, 5.41) is 3.99. The Bertz CT molecular complexity index is 602. The molecule has 2 rings (SSSR count). The van der Waals surface area contributed by atoms with Gasteiger partial charge >= 0.3 is 0 Å². The van der Waals surface area contributed by atoms with Crippen molar-refractivity contribution in [1.82, 2.24) is 9.47 Å². The second-order valence-electron chi connectivity index (χ2n) is 4.10. The molecule has 0 N–H and O–H groups in total. The Balaban J connectivity index is 2.21. The van der Waals surface area contributed by atoms with Crippen LogP contribution >= 0.6 is 11.3 Å². The Hall–Kier alpha value is -1.88. The number of hydrogen-bond acceptors (Lipinski definition) is 3. The summed E-state index contributed by atoms with van der Waals surface area (Å²) in [6.45, 7) is 0.547. The van der Waals surface area contributed by atoms with Gasteiger partial charge in [0.25, 0.3) is 11.5 Å². The average Bonchev–Trinajstić information content (AvgIpc) is 2.84. The predicted molar refractivity (Wildman–Crippen MR) is 71.8 cm³/mol. The maximum absolute atomic E-state index is 12.2. The standard InChI is InChI=1S/C13H14N2O2S/c1-14(8-10-6-7-18-9-10)13(17)11-4-3-5-12(16)15(11)2/h3-7,9H,8H2,1-2H3. The minimum atomic E-state index is -0.176. The molecule has 0 aliphatic rings. The quantitative estimate of drug-likeness (QED) is 0.845. The SMILES string of the molecule is CN(Cc1ccsc1)C(=O)c1cccc(=O)n1C. The van der Waals surface area contributed by atoms with Crippen LogP contribution in [0, 0.1) is 0 Å². The minimum Gasteiger partial charge on any atom is -0.336 e. The Morgan fingerprint density at radius 3 is 2.83 bits per heavy atom. The first kappa shape index (κ1) is 12.6. The molecule has 0 atom stereocenters. The molecular formula is C13H14N2O2S. The van der Waals surface area contributed by atoms with E-state index in [1.54, 1.807) is 42.5 Å². The van der Waals surface area contributed by atoms with E-state index in [9.17, 15) is 9.59 Å². The lowest BCUT2D eigenvalue weighted by atomic mass is 10.2. The molecule has 4 nitrogen and oxygen atoms in total. The van der Waals surface area contributed by atoms with Crippen LogP contribution in [0.15, 0.2) is 39.8 Å². The monoisotopic (exact) mass is 262 g/mol. The van der Waals surface area contributed by atoms with Crippen LogP contribution in [0.3, 0.4) is 0 Å². The van der Waals surface area contributed by atoms with E-state index in [-0.39, 0.29) is 11.5 Å². The summed E-state index contributed by atoms with van der Waals surface area (Å²) in [5.41, 5.74) is 1.32. The van der Waals surface area contributed by atoms with Crippen molar-refractivity contribution in [2.75, 3.05) is 7.05 Å². The molecule has 5 heteroatoms. The maximum atomic E-state index is 12.2. The van der Waals surface area contributed by atoms with E-state index >= 15 is 0 Å². The number of amides is 1. The number of thiophene rings is 1. The molecule has 0 aliphatic carbocycles. The fourth-order valence-electron chi connectivity index (χ4n) is 1.70. The topological polar surface area (TPSA) is 42.3 Å². The van der Waals surface area contributed by atoms with Crippen LogP contribution in [0.5, 0.6) is 0 Å². The molecule has 0 radical (unpaired) electrons. The molecule has 2 heterocycles. The van der Waals surface area contributed by atoms with E-state index in [4.69, 9.17) is 0 Å². The van der Waals surface area contributed by atoms with Crippen molar-refractivity contribution < 1.29 is 4.79 Å². The number of carbonyl (C=O) groups excluding carboxylic acids is 1. The van der Waals surface area contributed by atoms with Crippen LogP contribution in [0.4, 0.5) is 0 Å².